The number of rotatable bonds is 4. The molecular weight excluding hydrogens is 369 g/mol. The lowest BCUT2D eigenvalue weighted by Crippen LogP contribution is -2.38. The van der Waals surface area contributed by atoms with Crippen LogP contribution < -0.4 is 16.0 Å². The van der Waals surface area contributed by atoms with Gasteiger partial charge in [0.05, 0.1) is 5.52 Å². The number of halogens is 2. The van der Waals surface area contributed by atoms with E-state index in [9.17, 15) is 0 Å². The average molecular weight is 388 g/mol. The van der Waals surface area contributed by atoms with Crippen LogP contribution in [0.25, 0.3) is 10.9 Å². The van der Waals surface area contributed by atoms with Crippen LogP contribution in [0.1, 0.15) is 12.8 Å². The molecule has 4 rings (SSSR count). The smallest absolute Gasteiger partial charge is 0.229 e. The lowest BCUT2D eigenvalue weighted by atomic mass is 10.1. The van der Waals surface area contributed by atoms with E-state index in [1.54, 1.807) is 18.2 Å². The number of fused-ring (bicyclic) bond motifs is 1. The number of nitrogens with zero attached hydrogens (tertiary/aromatic N) is 2. The number of benzene rings is 2. The van der Waals surface area contributed by atoms with Crippen LogP contribution in [0.15, 0.2) is 42.5 Å². The quantitative estimate of drug-likeness (QED) is 0.597. The summed E-state index contributed by atoms with van der Waals surface area (Å²) in [5.41, 5.74) is 1.63. The molecule has 5 nitrogen and oxygen atoms in total. The van der Waals surface area contributed by atoms with Crippen molar-refractivity contribution in [1.29, 1.82) is 0 Å². The number of aromatic nitrogens is 2. The van der Waals surface area contributed by atoms with E-state index in [1.165, 1.54) is 0 Å². The first-order valence-electron chi connectivity index (χ1n) is 8.64. The maximum atomic E-state index is 6.09. The SMILES string of the molecule is Clc1cc(Cl)cc(Nc2nc(NC3CCCNC3)c3ccccc3n2)c1. The van der Waals surface area contributed by atoms with Gasteiger partial charge in [0.25, 0.3) is 0 Å². The molecule has 0 saturated carbocycles. The van der Waals surface area contributed by atoms with Crippen molar-refractivity contribution in [2.75, 3.05) is 23.7 Å². The van der Waals surface area contributed by atoms with Gasteiger partial charge in [-0.3, -0.25) is 0 Å². The van der Waals surface area contributed by atoms with E-state index in [2.05, 4.69) is 20.9 Å². The molecule has 2 heterocycles. The topological polar surface area (TPSA) is 61.9 Å². The summed E-state index contributed by atoms with van der Waals surface area (Å²) in [6.07, 6.45) is 2.28. The molecule has 2 aromatic carbocycles. The molecule has 1 saturated heterocycles. The molecule has 1 unspecified atom stereocenters. The van der Waals surface area contributed by atoms with Crippen molar-refractivity contribution in [2.45, 2.75) is 18.9 Å². The zero-order valence-electron chi connectivity index (χ0n) is 14.1. The highest BCUT2D eigenvalue weighted by molar-refractivity contribution is 6.35. The highest BCUT2D eigenvalue weighted by Crippen LogP contribution is 2.27. The Bertz CT molecular complexity index is 905. The monoisotopic (exact) mass is 387 g/mol. The van der Waals surface area contributed by atoms with E-state index < -0.39 is 0 Å². The van der Waals surface area contributed by atoms with Crippen LogP contribution in [0.5, 0.6) is 0 Å². The summed E-state index contributed by atoms with van der Waals surface area (Å²) in [4.78, 5) is 9.32. The molecule has 1 fully saturated rings. The van der Waals surface area contributed by atoms with E-state index in [1.807, 2.05) is 24.3 Å². The highest BCUT2D eigenvalue weighted by Gasteiger charge is 2.16. The van der Waals surface area contributed by atoms with Crippen molar-refractivity contribution in [2.24, 2.45) is 0 Å². The van der Waals surface area contributed by atoms with Crippen LogP contribution in [-0.2, 0) is 0 Å². The summed E-state index contributed by atoms with van der Waals surface area (Å²) in [5.74, 6) is 1.34. The van der Waals surface area contributed by atoms with Crippen molar-refractivity contribution in [3.05, 3.63) is 52.5 Å². The number of piperidine rings is 1. The van der Waals surface area contributed by atoms with Gasteiger partial charge in [-0.1, -0.05) is 35.3 Å². The first kappa shape index (κ1) is 17.3. The number of nitrogens with one attached hydrogen (secondary N) is 3. The molecule has 1 atom stereocenters. The Kier molecular flexibility index (Phi) is 5.11. The maximum Gasteiger partial charge on any atom is 0.229 e. The van der Waals surface area contributed by atoms with Gasteiger partial charge in [-0.15, -0.1) is 0 Å². The number of anilines is 3. The average Bonchev–Trinajstić information content (AvgIpc) is 2.62. The molecule has 134 valence electrons. The molecule has 3 aromatic rings. The zero-order valence-corrected chi connectivity index (χ0v) is 15.6. The second kappa shape index (κ2) is 7.66. The molecule has 0 bridgehead atoms. The van der Waals surface area contributed by atoms with Gasteiger partial charge in [-0.05, 0) is 49.7 Å². The minimum Gasteiger partial charge on any atom is -0.365 e. The van der Waals surface area contributed by atoms with Crippen LogP contribution in [0.2, 0.25) is 10.0 Å². The molecule has 26 heavy (non-hydrogen) atoms. The molecule has 0 radical (unpaired) electrons. The van der Waals surface area contributed by atoms with Gasteiger partial charge in [0.15, 0.2) is 0 Å². The summed E-state index contributed by atoms with van der Waals surface area (Å²) >= 11 is 12.2. The Hall–Kier alpha value is -2.08. The van der Waals surface area contributed by atoms with E-state index in [0.717, 1.165) is 48.3 Å². The molecule has 7 heteroatoms. The van der Waals surface area contributed by atoms with Crippen LogP contribution in [0.4, 0.5) is 17.5 Å². The lowest BCUT2D eigenvalue weighted by Gasteiger charge is -2.25. The Morgan fingerprint density at radius 3 is 2.62 bits per heavy atom. The predicted molar refractivity (Wildman–Crippen MR) is 109 cm³/mol. The second-order valence-corrected chi connectivity index (χ2v) is 7.26. The summed E-state index contributed by atoms with van der Waals surface area (Å²) in [5, 5.41) is 12.3. The van der Waals surface area contributed by atoms with E-state index >= 15 is 0 Å². The Morgan fingerprint density at radius 2 is 1.85 bits per heavy atom. The third kappa shape index (κ3) is 4.01. The molecule has 1 aromatic heterocycles. The number of para-hydroxylation sites is 1. The van der Waals surface area contributed by atoms with Crippen molar-refractivity contribution in [3.63, 3.8) is 0 Å². The Labute approximate surface area is 162 Å². The second-order valence-electron chi connectivity index (χ2n) is 6.38. The van der Waals surface area contributed by atoms with Crippen molar-refractivity contribution in [3.8, 4) is 0 Å². The Balaban J connectivity index is 1.68. The first-order chi connectivity index (χ1) is 12.7. The summed E-state index contributed by atoms with van der Waals surface area (Å²) < 4.78 is 0. The van der Waals surface area contributed by atoms with Gasteiger partial charge in [0.1, 0.15) is 5.82 Å². The highest BCUT2D eigenvalue weighted by atomic mass is 35.5. The predicted octanol–water partition coefficient (Wildman–Crippen LogP) is 4.84. The van der Waals surface area contributed by atoms with Gasteiger partial charge >= 0.3 is 0 Å². The minimum atomic E-state index is 0.357. The molecule has 0 spiro atoms. The summed E-state index contributed by atoms with van der Waals surface area (Å²) in [7, 11) is 0. The molecule has 3 N–H and O–H groups in total. The van der Waals surface area contributed by atoms with Crippen LogP contribution in [0, 0.1) is 0 Å². The largest absolute Gasteiger partial charge is 0.365 e. The first-order valence-corrected chi connectivity index (χ1v) is 9.40. The van der Waals surface area contributed by atoms with Gasteiger partial charge in [-0.25, -0.2) is 4.98 Å². The van der Waals surface area contributed by atoms with E-state index in [4.69, 9.17) is 28.2 Å². The van der Waals surface area contributed by atoms with E-state index in [0.29, 0.717) is 22.0 Å². The lowest BCUT2D eigenvalue weighted by molar-refractivity contribution is 0.479. The van der Waals surface area contributed by atoms with Crippen molar-refractivity contribution in [1.82, 2.24) is 15.3 Å². The van der Waals surface area contributed by atoms with Gasteiger partial charge < -0.3 is 16.0 Å². The third-order valence-corrected chi connectivity index (χ3v) is 4.80. The van der Waals surface area contributed by atoms with Crippen LogP contribution in [-0.4, -0.2) is 29.1 Å². The fraction of sp³-hybridized carbons (Fsp3) is 0.263. The summed E-state index contributed by atoms with van der Waals surface area (Å²) in [6.45, 7) is 2.01. The van der Waals surface area contributed by atoms with Gasteiger partial charge in [-0.2, -0.15) is 4.98 Å². The number of hydrogen-bond donors (Lipinski definition) is 3. The molecule has 1 aliphatic heterocycles. The maximum absolute atomic E-state index is 6.09. The fourth-order valence-corrected chi connectivity index (χ4v) is 3.69. The Morgan fingerprint density at radius 1 is 1.04 bits per heavy atom. The minimum absolute atomic E-state index is 0.357. The normalized spacial score (nSPS) is 17.2. The van der Waals surface area contributed by atoms with Gasteiger partial charge in [0.2, 0.25) is 5.95 Å². The summed E-state index contributed by atoms with van der Waals surface area (Å²) in [6, 6.07) is 13.6. The van der Waals surface area contributed by atoms with Crippen molar-refractivity contribution >= 4 is 51.6 Å². The van der Waals surface area contributed by atoms with Crippen molar-refractivity contribution < 1.29 is 0 Å². The van der Waals surface area contributed by atoms with E-state index in [-0.39, 0.29) is 0 Å². The zero-order chi connectivity index (χ0) is 17.9. The molecule has 1 aliphatic rings. The molecule has 0 aliphatic carbocycles. The van der Waals surface area contributed by atoms with Crippen LogP contribution >= 0.6 is 23.2 Å². The molecule has 0 amide bonds. The third-order valence-electron chi connectivity index (χ3n) is 4.36. The van der Waals surface area contributed by atoms with Crippen LogP contribution in [0.3, 0.4) is 0 Å². The fourth-order valence-electron chi connectivity index (χ4n) is 3.17. The standard InChI is InChI=1S/C19H19Cl2N5/c20-12-8-13(21)10-15(9-12)24-19-25-17-6-2-1-5-16(17)18(26-19)23-14-4-3-7-22-11-14/h1-2,5-6,8-10,14,22H,3-4,7,11H2,(H2,23,24,25,26). The van der Waals surface area contributed by atoms with Gasteiger partial charge in [0, 0.05) is 33.7 Å². The molecular formula is C19H19Cl2N5. The number of hydrogen-bond acceptors (Lipinski definition) is 5.